The molecule has 2 aromatic heterocycles. The van der Waals surface area contributed by atoms with Gasteiger partial charge >= 0.3 is 0 Å². The second-order valence-electron chi connectivity index (χ2n) is 7.92. The van der Waals surface area contributed by atoms with E-state index in [9.17, 15) is 5.11 Å². The van der Waals surface area contributed by atoms with Gasteiger partial charge in [-0.15, -0.1) is 0 Å². The lowest BCUT2D eigenvalue weighted by Gasteiger charge is -2.39. The number of aliphatic hydroxyl groups excluding tert-OH is 1. The third-order valence-electron chi connectivity index (χ3n) is 5.76. The van der Waals surface area contributed by atoms with Crippen molar-refractivity contribution in [3.05, 3.63) is 23.7 Å². The summed E-state index contributed by atoms with van der Waals surface area (Å²) >= 11 is 0. The first-order valence-corrected chi connectivity index (χ1v) is 10.1. The molecular formula is C20H29N5O2. The van der Waals surface area contributed by atoms with Crippen molar-refractivity contribution < 1.29 is 9.63 Å². The molecule has 2 fully saturated rings. The van der Waals surface area contributed by atoms with Gasteiger partial charge in [-0.3, -0.25) is 0 Å². The number of rotatable bonds is 4. The van der Waals surface area contributed by atoms with Gasteiger partial charge in [0.2, 0.25) is 0 Å². The summed E-state index contributed by atoms with van der Waals surface area (Å²) < 4.78 is 5.23. The van der Waals surface area contributed by atoms with Crippen LogP contribution in [0, 0.1) is 13.8 Å². The predicted molar refractivity (Wildman–Crippen MR) is 104 cm³/mol. The zero-order valence-electron chi connectivity index (χ0n) is 16.2. The van der Waals surface area contributed by atoms with E-state index in [1.807, 2.05) is 13.0 Å². The molecule has 27 heavy (non-hydrogen) atoms. The Labute approximate surface area is 160 Å². The van der Waals surface area contributed by atoms with Crippen LogP contribution in [0.25, 0.3) is 11.5 Å². The van der Waals surface area contributed by atoms with Gasteiger partial charge in [-0.2, -0.15) is 4.98 Å². The van der Waals surface area contributed by atoms with Crippen LogP contribution in [0.1, 0.15) is 49.9 Å². The number of nitrogens with zero attached hydrogens (tertiary/aromatic N) is 4. The summed E-state index contributed by atoms with van der Waals surface area (Å²) in [7, 11) is 0. The molecule has 0 aromatic carbocycles. The van der Waals surface area contributed by atoms with E-state index < -0.39 is 0 Å². The maximum absolute atomic E-state index is 10.7. The molecule has 0 bridgehead atoms. The lowest BCUT2D eigenvalue weighted by molar-refractivity contribution is 0.103. The third-order valence-corrected chi connectivity index (χ3v) is 5.76. The Morgan fingerprint density at radius 2 is 2.00 bits per heavy atom. The Balaban J connectivity index is 1.41. The fourth-order valence-electron chi connectivity index (χ4n) is 4.32. The van der Waals surface area contributed by atoms with Crippen LogP contribution in [-0.2, 0) is 0 Å². The van der Waals surface area contributed by atoms with E-state index in [-0.39, 0.29) is 12.1 Å². The van der Waals surface area contributed by atoms with Gasteiger partial charge in [0.05, 0.1) is 11.7 Å². The van der Waals surface area contributed by atoms with E-state index in [0.717, 1.165) is 29.9 Å². The van der Waals surface area contributed by atoms with Crippen molar-refractivity contribution in [1.82, 2.24) is 20.4 Å². The van der Waals surface area contributed by atoms with Crippen LogP contribution in [0.4, 0.5) is 5.82 Å². The Hall–Kier alpha value is -1.99. The van der Waals surface area contributed by atoms with Crippen molar-refractivity contribution in [2.75, 3.05) is 18.0 Å². The van der Waals surface area contributed by atoms with Crippen LogP contribution in [0.15, 0.2) is 16.8 Å². The van der Waals surface area contributed by atoms with E-state index in [4.69, 9.17) is 4.52 Å². The molecule has 2 aliphatic rings. The number of pyridine rings is 1. The third kappa shape index (κ3) is 4.14. The van der Waals surface area contributed by atoms with Crippen molar-refractivity contribution in [2.24, 2.45) is 0 Å². The second kappa shape index (κ2) is 7.94. The van der Waals surface area contributed by atoms with Crippen molar-refractivity contribution in [2.45, 2.75) is 70.6 Å². The summed E-state index contributed by atoms with van der Waals surface area (Å²) in [6, 6.07) is 2.78. The summed E-state index contributed by atoms with van der Waals surface area (Å²) in [4.78, 5) is 11.1. The van der Waals surface area contributed by atoms with Crippen LogP contribution in [0.2, 0.25) is 0 Å². The average Bonchev–Trinajstić information content (AvgIpc) is 3.11. The molecule has 0 spiro atoms. The minimum absolute atomic E-state index is 0.185. The summed E-state index contributed by atoms with van der Waals surface area (Å²) in [6.45, 7) is 5.34. The Bertz CT molecular complexity index is 771. The van der Waals surface area contributed by atoms with E-state index in [1.54, 1.807) is 13.1 Å². The maximum atomic E-state index is 10.7. The SMILES string of the molecule is Cc1noc(-c2cnc(N3CC[C@@H](NC4CCCCC4)[C@H](O)C3)c(C)c2)n1. The first-order chi connectivity index (χ1) is 13.1. The molecule has 7 heteroatoms. The molecule has 2 atom stereocenters. The van der Waals surface area contributed by atoms with Crippen LogP contribution >= 0.6 is 0 Å². The van der Waals surface area contributed by atoms with Gasteiger partial charge in [-0.05, 0) is 44.7 Å². The largest absolute Gasteiger partial charge is 0.390 e. The molecule has 3 heterocycles. The smallest absolute Gasteiger partial charge is 0.259 e. The highest BCUT2D eigenvalue weighted by Gasteiger charge is 2.30. The second-order valence-corrected chi connectivity index (χ2v) is 7.92. The molecule has 1 aliphatic carbocycles. The number of aromatic nitrogens is 3. The number of β-amino-alcohol motifs (C(OH)–C–C–N with tert-alkyl or cyclic N) is 1. The van der Waals surface area contributed by atoms with E-state index in [1.165, 1.54) is 32.1 Å². The number of aliphatic hydroxyl groups is 1. The Morgan fingerprint density at radius 1 is 1.19 bits per heavy atom. The van der Waals surface area contributed by atoms with Crippen LogP contribution in [0.3, 0.4) is 0 Å². The van der Waals surface area contributed by atoms with E-state index in [2.05, 4.69) is 25.3 Å². The molecular weight excluding hydrogens is 342 g/mol. The lowest BCUT2D eigenvalue weighted by Crippen LogP contribution is -2.55. The molecule has 2 aromatic rings. The molecule has 1 saturated carbocycles. The summed E-state index contributed by atoms with van der Waals surface area (Å²) in [5.41, 5.74) is 1.88. The highest BCUT2D eigenvalue weighted by molar-refractivity contribution is 5.59. The summed E-state index contributed by atoms with van der Waals surface area (Å²) in [5.74, 6) is 2.03. The molecule has 0 amide bonds. The van der Waals surface area contributed by atoms with Crippen molar-refractivity contribution in [3.63, 3.8) is 0 Å². The number of nitrogens with one attached hydrogen (secondary N) is 1. The summed E-state index contributed by atoms with van der Waals surface area (Å²) in [6.07, 6.45) is 8.78. The monoisotopic (exact) mass is 371 g/mol. The number of hydrogen-bond donors (Lipinski definition) is 2. The summed E-state index contributed by atoms with van der Waals surface area (Å²) in [5, 5.41) is 18.2. The zero-order valence-corrected chi connectivity index (χ0v) is 16.2. The van der Waals surface area contributed by atoms with Gasteiger partial charge in [0.15, 0.2) is 5.82 Å². The van der Waals surface area contributed by atoms with Crippen molar-refractivity contribution in [1.29, 1.82) is 0 Å². The fraction of sp³-hybridized carbons (Fsp3) is 0.650. The minimum Gasteiger partial charge on any atom is -0.390 e. The minimum atomic E-state index is -0.375. The lowest BCUT2D eigenvalue weighted by atomic mass is 9.92. The molecule has 4 rings (SSSR count). The molecule has 146 valence electrons. The first kappa shape index (κ1) is 18.4. The first-order valence-electron chi connectivity index (χ1n) is 10.1. The van der Waals surface area contributed by atoms with E-state index >= 15 is 0 Å². The van der Waals surface area contributed by atoms with Crippen LogP contribution in [-0.4, -0.2) is 51.5 Å². The van der Waals surface area contributed by atoms with Crippen molar-refractivity contribution >= 4 is 5.82 Å². The number of aryl methyl sites for hydroxylation is 2. The van der Waals surface area contributed by atoms with Crippen LogP contribution < -0.4 is 10.2 Å². The van der Waals surface area contributed by atoms with Gasteiger partial charge in [0.25, 0.3) is 5.89 Å². The Kier molecular flexibility index (Phi) is 5.41. The number of anilines is 1. The topological polar surface area (TPSA) is 87.3 Å². The molecule has 7 nitrogen and oxygen atoms in total. The Morgan fingerprint density at radius 3 is 2.67 bits per heavy atom. The van der Waals surface area contributed by atoms with Gasteiger partial charge in [0, 0.05) is 31.4 Å². The predicted octanol–water partition coefficient (Wildman–Crippen LogP) is 2.61. The quantitative estimate of drug-likeness (QED) is 0.854. The van der Waals surface area contributed by atoms with Gasteiger partial charge < -0.3 is 19.8 Å². The molecule has 1 aliphatic heterocycles. The van der Waals surface area contributed by atoms with E-state index in [0.29, 0.717) is 24.3 Å². The zero-order chi connectivity index (χ0) is 18.8. The normalized spacial score (nSPS) is 24.3. The fourth-order valence-corrected chi connectivity index (χ4v) is 4.32. The molecule has 0 radical (unpaired) electrons. The maximum Gasteiger partial charge on any atom is 0.259 e. The van der Waals surface area contributed by atoms with Gasteiger partial charge in [-0.1, -0.05) is 24.4 Å². The van der Waals surface area contributed by atoms with Gasteiger partial charge in [0.1, 0.15) is 5.82 Å². The number of hydrogen-bond acceptors (Lipinski definition) is 7. The van der Waals surface area contributed by atoms with Crippen LogP contribution in [0.5, 0.6) is 0 Å². The highest BCUT2D eigenvalue weighted by Crippen LogP contribution is 2.27. The average molecular weight is 371 g/mol. The highest BCUT2D eigenvalue weighted by atomic mass is 16.5. The van der Waals surface area contributed by atoms with Crippen molar-refractivity contribution in [3.8, 4) is 11.5 Å². The van der Waals surface area contributed by atoms with Gasteiger partial charge in [-0.25, -0.2) is 4.98 Å². The molecule has 1 saturated heterocycles. The number of piperidine rings is 1. The standard InChI is InChI=1S/C20H29N5O2/c1-13-10-15(20-22-14(2)24-27-20)11-21-19(13)25-9-8-17(18(26)12-25)23-16-6-4-3-5-7-16/h10-11,16-18,23,26H,3-9,12H2,1-2H3/t17-,18-/m1/s1. The molecule has 0 unspecified atom stereocenters. The molecule has 2 N–H and O–H groups in total.